The Kier molecular flexibility index (Phi) is 4.25. The molecular weight excluding hydrogens is 146 g/mol. The molecule has 0 amide bonds. The van der Waals surface area contributed by atoms with Crippen molar-refractivity contribution < 1.29 is 0 Å². The molecular formula is C11H25N. The monoisotopic (exact) mass is 171 g/mol. The highest BCUT2D eigenvalue weighted by atomic mass is 14.7. The van der Waals surface area contributed by atoms with Gasteiger partial charge in [-0.15, -0.1) is 0 Å². The molecule has 1 nitrogen and oxygen atoms in total. The summed E-state index contributed by atoms with van der Waals surface area (Å²) in [6.45, 7) is 13.6. The van der Waals surface area contributed by atoms with Crippen LogP contribution in [-0.4, -0.2) is 6.04 Å². The van der Waals surface area contributed by atoms with Crippen LogP contribution >= 0.6 is 0 Å². The van der Waals surface area contributed by atoms with Gasteiger partial charge < -0.3 is 5.73 Å². The minimum absolute atomic E-state index is 0.286. The van der Waals surface area contributed by atoms with Gasteiger partial charge in [0, 0.05) is 6.04 Å². The number of hydrogen-bond donors (Lipinski definition) is 1. The summed E-state index contributed by atoms with van der Waals surface area (Å²) in [5.41, 5.74) is 6.44. The van der Waals surface area contributed by atoms with Gasteiger partial charge >= 0.3 is 0 Å². The van der Waals surface area contributed by atoms with Crippen LogP contribution in [0.3, 0.4) is 0 Å². The van der Waals surface area contributed by atoms with Crippen molar-refractivity contribution in [3.05, 3.63) is 0 Å². The second kappa shape index (κ2) is 4.27. The lowest BCUT2D eigenvalue weighted by Crippen LogP contribution is -2.46. The molecule has 0 aromatic heterocycles. The summed E-state index contributed by atoms with van der Waals surface area (Å²) in [5, 5.41) is 0. The molecule has 2 N–H and O–H groups in total. The predicted molar refractivity (Wildman–Crippen MR) is 56.0 cm³/mol. The summed E-state index contributed by atoms with van der Waals surface area (Å²) in [6, 6.07) is 0.331. The van der Waals surface area contributed by atoms with E-state index in [-0.39, 0.29) is 5.41 Å². The van der Waals surface area contributed by atoms with E-state index in [9.17, 15) is 0 Å². The van der Waals surface area contributed by atoms with Crippen molar-refractivity contribution in [2.24, 2.45) is 23.0 Å². The molecule has 74 valence electrons. The molecule has 0 saturated carbocycles. The number of nitrogens with two attached hydrogens (primary N) is 1. The van der Waals surface area contributed by atoms with Crippen LogP contribution in [0.15, 0.2) is 0 Å². The normalized spacial score (nSPS) is 15.8. The summed E-state index contributed by atoms with van der Waals surface area (Å²) in [5.74, 6) is 1.32. The summed E-state index contributed by atoms with van der Waals surface area (Å²) < 4.78 is 0. The molecule has 0 rings (SSSR count). The number of rotatable bonds is 4. The van der Waals surface area contributed by atoms with E-state index in [2.05, 4.69) is 41.5 Å². The Bertz CT molecular complexity index is 119. The maximum Gasteiger partial charge on any atom is 0.00951 e. The third-order valence-corrected chi connectivity index (χ3v) is 3.73. The molecule has 0 aromatic carbocycles. The van der Waals surface area contributed by atoms with Crippen LogP contribution in [0.1, 0.15) is 48.0 Å². The first kappa shape index (κ1) is 12.0. The molecule has 0 aliphatic carbocycles. The van der Waals surface area contributed by atoms with Gasteiger partial charge in [-0.05, 0) is 23.7 Å². The Morgan fingerprint density at radius 3 is 1.50 bits per heavy atom. The van der Waals surface area contributed by atoms with Crippen molar-refractivity contribution >= 4 is 0 Å². The van der Waals surface area contributed by atoms with Gasteiger partial charge in [-0.1, -0.05) is 41.5 Å². The summed E-state index contributed by atoms with van der Waals surface area (Å²) in [7, 11) is 0. The van der Waals surface area contributed by atoms with E-state index in [4.69, 9.17) is 5.73 Å². The first-order valence-electron chi connectivity index (χ1n) is 5.12. The maximum absolute atomic E-state index is 6.15. The van der Waals surface area contributed by atoms with Crippen molar-refractivity contribution in [2.75, 3.05) is 0 Å². The van der Waals surface area contributed by atoms with Crippen LogP contribution < -0.4 is 5.73 Å². The fraction of sp³-hybridized carbons (Fsp3) is 1.00. The first-order chi connectivity index (χ1) is 5.37. The SMILES string of the molecule is CCC(N)C(C)(C(C)C)C(C)C. The van der Waals surface area contributed by atoms with Gasteiger partial charge in [0.1, 0.15) is 0 Å². The molecule has 0 spiro atoms. The van der Waals surface area contributed by atoms with Crippen LogP contribution in [-0.2, 0) is 0 Å². The molecule has 1 atom stereocenters. The molecule has 12 heavy (non-hydrogen) atoms. The van der Waals surface area contributed by atoms with Gasteiger partial charge in [-0.2, -0.15) is 0 Å². The van der Waals surface area contributed by atoms with E-state index in [1.807, 2.05) is 0 Å². The Morgan fingerprint density at radius 2 is 1.42 bits per heavy atom. The van der Waals surface area contributed by atoms with Crippen LogP contribution in [0.2, 0.25) is 0 Å². The van der Waals surface area contributed by atoms with Gasteiger partial charge in [0.25, 0.3) is 0 Å². The van der Waals surface area contributed by atoms with Gasteiger partial charge in [0.15, 0.2) is 0 Å². The topological polar surface area (TPSA) is 26.0 Å². The van der Waals surface area contributed by atoms with Crippen LogP contribution in [0.4, 0.5) is 0 Å². The Balaban J connectivity index is 4.61. The quantitative estimate of drug-likeness (QED) is 0.691. The summed E-state index contributed by atoms with van der Waals surface area (Å²) in [4.78, 5) is 0. The molecule has 0 aromatic rings. The largest absolute Gasteiger partial charge is 0.327 e. The van der Waals surface area contributed by atoms with Crippen LogP contribution in [0, 0.1) is 17.3 Å². The third kappa shape index (κ3) is 2.01. The van der Waals surface area contributed by atoms with Gasteiger partial charge in [0.05, 0.1) is 0 Å². The lowest BCUT2D eigenvalue weighted by atomic mass is 9.65. The molecule has 0 aliphatic rings. The van der Waals surface area contributed by atoms with Gasteiger partial charge in [-0.25, -0.2) is 0 Å². The molecule has 0 fully saturated rings. The van der Waals surface area contributed by atoms with E-state index in [1.54, 1.807) is 0 Å². The fourth-order valence-electron chi connectivity index (χ4n) is 1.96. The molecule has 1 unspecified atom stereocenters. The minimum Gasteiger partial charge on any atom is -0.327 e. The third-order valence-electron chi connectivity index (χ3n) is 3.73. The Morgan fingerprint density at radius 1 is 1.08 bits per heavy atom. The first-order valence-corrected chi connectivity index (χ1v) is 5.12. The van der Waals surface area contributed by atoms with Crippen LogP contribution in [0.25, 0.3) is 0 Å². The van der Waals surface area contributed by atoms with E-state index in [0.29, 0.717) is 17.9 Å². The molecule has 0 saturated heterocycles. The zero-order valence-corrected chi connectivity index (χ0v) is 9.52. The lowest BCUT2D eigenvalue weighted by Gasteiger charge is -2.42. The van der Waals surface area contributed by atoms with Gasteiger partial charge in [-0.3, -0.25) is 0 Å². The Labute approximate surface area is 77.7 Å². The fourth-order valence-corrected chi connectivity index (χ4v) is 1.96. The highest BCUT2D eigenvalue weighted by molar-refractivity contribution is 4.89. The maximum atomic E-state index is 6.15. The average molecular weight is 171 g/mol. The predicted octanol–water partition coefficient (Wildman–Crippen LogP) is 3.04. The lowest BCUT2D eigenvalue weighted by molar-refractivity contribution is 0.0958. The van der Waals surface area contributed by atoms with Crippen molar-refractivity contribution in [3.8, 4) is 0 Å². The molecule has 0 heterocycles. The standard InChI is InChI=1S/C11H25N/c1-7-10(12)11(6,8(2)3)9(4)5/h8-10H,7,12H2,1-6H3. The van der Waals surface area contributed by atoms with Crippen molar-refractivity contribution in [3.63, 3.8) is 0 Å². The van der Waals surface area contributed by atoms with E-state index in [0.717, 1.165) is 6.42 Å². The smallest absolute Gasteiger partial charge is 0.00951 e. The molecule has 0 aliphatic heterocycles. The molecule has 1 heteroatoms. The molecule has 0 bridgehead atoms. The second-order valence-corrected chi connectivity index (χ2v) is 4.69. The summed E-state index contributed by atoms with van der Waals surface area (Å²) in [6.07, 6.45) is 1.08. The van der Waals surface area contributed by atoms with Gasteiger partial charge in [0.2, 0.25) is 0 Å². The highest BCUT2D eigenvalue weighted by Gasteiger charge is 2.36. The zero-order valence-electron chi connectivity index (χ0n) is 9.52. The zero-order chi connectivity index (χ0) is 9.94. The van der Waals surface area contributed by atoms with Crippen molar-refractivity contribution in [2.45, 2.75) is 54.0 Å². The second-order valence-electron chi connectivity index (χ2n) is 4.69. The van der Waals surface area contributed by atoms with Crippen LogP contribution in [0.5, 0.6) is 0 Å². The molecule has 0 radical (unpaired) electrons. The van der Waals surface area contributed by atoms with E-state index < -0.39 is 0 Å². The summed E-state index contributed by atoms with van der Waals surface area (Å²) >= 11 is 0. The van der Waals surface area contributed by atoms with E-state index in [1.165, 1.54) is 0 Å². The average Bonchev–Trinajstić information content (AvgIpc) is 2.00. The van der Waals surface area contributed by atoms with Crippen molar-refractivity contribution in [1.82, 2.24) is 0 Å². The minimum atomic E-state index is 0.286. The van der Waals surface area contributed by atoms with Crippen molar-refractivity contribution in [1.29, 1.82) is 0 Å². The van der Waals surface area contributed by atoms with E-state index >= 15 is 0 Å². The Hall–Kier alpha value is -0.0400. The number of hydrogen-bond acceptors (Lipinski definition) is 1. The highest BCUT2D eigenvalue weighted by Crippen LogP contribution is 2.38.